The molecule has 5 heteroatoms. The lowest BCUT2D eigenvalue weighted by Gasteiger charge is -2.07. The number of hydrogen-bond donors (Lipinski definition) is 0. The number of para-hydroxylation sites is 1. The summed E-state index contributed by atoms with van der Waals surface area (Å²) in [7, 11) is 1.76. The Labute approximate surface area is 103 Å². The highest BCUT2D eigenvalue weighted by atomic mass is 32.2. The molecule has 0 saturated carbocycles. The molecule has 17 heavy (non-hydrogen) atoms. The normalized spacial score (nSPS) is 18.5. The molecule has 1 aromatic carbocycles. The first-order chi connectivity index (χ1) is 8.25. The summed E-state index contributed by atoms with van der Waals surface area (Å²) in [5, 5.41) is 1.42. The number of aromatic nitrogens is 2. The molecule has 1 aliphatic heterocycles. The number of benzene rings is 1. The van der Waals surface area contributed by atoms with Crippen molar-refractivity contribution in [3.05, 3.63) is 34.6 Å². The highest BCUT2D eigenvalue weighted by Crippen LogP contribution is 2.22. The van der Waals surface area contributed by atoms with E-state index in [1.54, 1.807) is 23.4 Å². The zero-order chi connectivity index (χ0) is 11.8. The SMILES string of the molecule is Cn1c(SCC2CO2)nc2ccccc2c1=O. The molecule has 1 fully saturated rings. The molecule has 0 spiro atoms. The van der Waals surface area contributed by atoms with E-state index < -0.39 is 0 Å². The third-order valence-electron chi connectivity index (χ3n) is 2.74. The van der Waals surface area contributed by atoms with E-state index in [0.717, 1.165) is 23.0 Å². The summed E-state index contributed by atoms with van der Waals surface area (Å²) >= 11 is 1.57. The van der Waals surface area contributed by atoms with Gasteiger partial charge in [-0.25, -0.2) is 4.98 Å². The Bertz CT molecular complexity index is 619. The fourth-order valence-corrected chi connectivity index (χ4v) is 2.63. The second kappa shape index (κ2) is 4.16. The zero-order valence-corrected chi connectivity index (χ0v) is 10.2. The predicted octanol–water partition coefficient (Wildman–Crippen LogP) is 1.42. The maximum Gasteiger partial charge on any atom is 0.261 e. The van der Waals surface area contributed by atoms with E-state index in [0.29, 0.717) is 11.5 Å². The molecule has 0 radical (unpaired) electrons. The van der Waals surface area contributed by atoms with Crippen molar-refractivity contribution in [2.24, 2.45) is 7.05 Å². The third-order valence-corrected chi connectivity index (χ3v) is 3.90. The molecule has 2 aromatic rings. The van der Waals surface area contributed by atoms with Crippen LogP contribution in [0, 0.1) is 0 Å². The molecule has 0 amide bonds. The van der Waals surface area contributed by atoms with Crippen LogP contribution in [0.15, 0.2) is 34.2 Å². The van der Waals surface area contributed by atoms with Crippen molar-refractivity contribution in [2.75, 3.05) is 12.4 Å². The average Bonchev–Trinajstić information content (AvgIpc) is 3.16. The van der Waals surface area contributed by atoms with Crippen LogP contribution >= 0.6 is 11.8 Å². The van der Waals surface area contributed by atoms with Crippen LogP contribution in [0.1, 0.15) is 0 Å². The van der Waals surface area contributed by atoms with Gasteiger partial charge < -0.3 is 4.74 Å². The van der Waals surface area contributed by atoms with Crippen LogP contribution in [0.4, 0.5) is 0 Å². The molecular formula is C12H12N2O2S. The first-order valence-corrected chi connectivity index (χ1v) is 6.44. The predicted molar refractivity (Wildman–Crippen MR) is 67.4 cm³/mol. The zero-order valence-electron chi connectivity index (χ0n) is 9.42. The summed E-state index contributed by atoms with van der Waals surface area (Å²) in [5.74, 6) is 0.860. The second-order valence-electron chi connectivity index (χ2n) is 4.04. The number of epoxide rings is 1. The van der Waals surface area contributed by atoms with E-state index >= 15 is 0 Å². The lowest BCUT2D eigenvalue weighted by molar-refractivity contribution is 0.426. The smallest absolute Gasteiger partial charge is 0.261 e. The first kappa shape index (κ1) is 10.8. The average molecular weight is 248 g/mol. The standard InChI is InChI=1S/C12H12N2O2S/c1-14-11(15)9-4-2-3-5-10(9)13-12(14)17-7-8-6-16-8/h2-5,8H,6-7H2,1H3. The van der Waals surface area contributed by atoms with Crippen LogP contribution in [-0.4, -0.2) is 28.0 Å². The highest BCUT2D eigenvalue weighted by molar-refractivity contribution is 7.99. The topological polar surface area (TPSA) is 47.4 Å². The van der Waals surface area contributed by atoms with Crippen molar-refractivity contribution in [2.45, 2.75) is 11.3 Å². The van der Waals surface area contributed by atoms with Gasteiger partial charge in [-0.15, -0.1) is 0 Å². The number of rotatable bonds is 3. The summed E-state index contributed by atoms with van der Waals surface area (Å²) in [6, 6.07) is 7.43. The Kier molecular flexibility index (Phi) is 2.64. The molecule has 2 heterocycles. The molecule has 1 atom stereocenters. The maximum atomic E-state index is 12.1. The van der Waals surface area contributed by atoms with Gasteiger partial charge in [0, 0.05) is 12.8 Å². The minimum Gasteiger partial charge on any atom is -0.372 e. The second-order valence-corrected chi connectivity index (χ2v) is 5.03. The van der Waals surface area contributed by atoms with E-state index in [9.17, 15) is 4.79 Å². The van der Waals surface area contributed by atoms with Gasteiger partial charge in [0.05, 0.1) is 23.6 Å². The lowest BCUT2D eigenvalue weighted by atomic mass is 10.2. The van der Waals surface area contributed by atoms with Gasteiger partial charge in [-0.1, -0.05) is 23.9 Å². The number of fused-ring (bicyclic) bond motifs is 1. The number of hydrogen-bond acceptors (Lipinski definition) is 4. The van der Waals surface area contributed by atoms with Crippen molar-refractivity contribution < 1.29 is 4.74 Å². The summed E-state index contributed by atoms with van der Waals surface area (Å²) in [6.07, 6.45) is 0.336. The van der Waals surface area contributed by atoms with Gasteiger partial charge in [-0.3, -0.25) is 9.36 Å². The molecule has 0 aliphatic carbocycles. The number of nitrogens with zero attached hydrogens (tertiary/aromatic N) is 2. The summed E-state index contributed by atoms with van der Waals surface area (Å²) in [6.45, 7) is 0.828. The summed E-state index contributed by atoms with van der Waals surface area (Å²) in [5.41, 5.74) is 0.768. The summed E-state index contributed by atoms with van der Waals surface area (Å²) < 4.78 is 6.76. The third kappa shape index (κ3) is 2.08. The first-order valence-electron chi connectivity index (χ1n) is 5.46. The van der Waals surface area contributed by atoms with Gasteiger partial charge in [-0.05, 0) is 12.1 Å². The van der Waals surface area contributed by atoms with E-state index in [1.807, 2.05) is 24.3 Å². The van der Waals surface area contributed by atoms with Crippen LogP contribution in [0.5, 0.6) is 0 Å². The largest absolute Gasteiger partial charge is 0.372 e. The van der Waals surface area contributed by atoms with Gasteiger partial charge >= 0.3 is 0 Å². The lowest BCUT2D eigenvalue weighted by Crippen LogP contribution is -2.20. The van der Waals surface area contributed by atoms with Crippen molar-refractivity contribution in [3.8, 4) is 0 Å². The van der Waals surface area contributed by atoms with Crippen molar-refractivity contribution in [3.63, 3.8) is 0 Å². The van der Waals surface area contributed by atoms with Gasteiger partial charge in [0.25, 0.3) is 5.56 Å². The Morgan fingerprint density at radius 1 is 1.53 bits per heavy atom. The number of ether oxygens (including phenoxy) is 1. The molecular weight excluding hydrogens is 236 g/mol. The van der Waals surface area contributed by atoms with Gasteiger partial charge in [0.15, 0.2) is 5.16 Å². The Hall–Kier alpha value is -1.33. The molecule has 1 aromatic heterocycles. The molecule has 0 bridgehead atoms. The van der Waals surface area contributed by atoms with E-state index in [-0.39, 0.29) is 5.56 Å². The Morgan fingerprint density at radius 3 is 3.06 bits per heavy atom. The van der Waals surface area contributed by atoms with Crippen LogP contribution in [0.3, 0.4) is 0 Å². The fraction of sp³-hybridized carbons (Fsp3) is 0.333. The van der Waals surface area contributed by atoms with E-state index in [4.69, 9.17) is 4.74 Å². The molecule has 88 valence electrons. The Morgan fingerprint density at radius 2 is 2.29 bits per heavy atom. The molecule has 0 N–H and O–H groups in total. The Balaban J connectivity index is 2.05. The van der Waals surface area contributed by atoms with E-state index in [2.05, 4.69) is 4.98 Å². The van der Waals surface area contributed by atoms with Crippen LogP contribution in [0.25, 0.3) is 10.9 Å². The fourth-order valence-electron chi connectivity index (χ4n) is 1.66. The quantitative estimate of drug-likeness (QED) is 0.468. The molecule has 1 aliphatic rings. The van der Waals surface area contributed by atoms with Crippen molar-refractivity contribution in [1.82, 2.24) is 9.55 Å². The molecule has 1 saturated heterocycles. The highest BCUT2D eigenvalue weighted by Gasteiger charge is 2.23. The maximum absolute atomic E-state index is 12.1. The van der Waals surface area contributed by atoms with Gasteiger partial charge in [0.1, 0.15) is 0 Å². The minimum atomic E-state index is 0.00909. The van der Waals surface area contributed by atoms with E-state index in [1.165, 1.54) is 0 Å². The van der Waals surface area contributed by atoms with Crippen molar-refractivity contribution in [1.29, 1.82) is 0 Å². The number of thioether (sulfide) groups is 1. The van der Waals surface area contributed by atoms with Crippen LogP contribution < -0.4 is 5.56 Å². The van der Waals surface area contributed by atoms with Gasteiger partial charge in [-0.2, -0.15) is 0 Å². The minimum absolute atomic E-state index is 0.00909. The van der Waals surface area contributed by atoms with Crippen LogP contribution in [-0.2, 0) is 11.8 Å². The van der Waals surface area contributed by atoms with Crippen molar-refractivity contribution >= 4 is 22.7 Å². The van der Waals surface area contributed by atoms with Crippen LogP contribution in [0.2, 0.25) is 0 Å². The summed E-state index contributed by atoms with van der Waals surface area (Å²) in [4.78, 5) is 16.6. The molecule has 3 rings (SSSR count). The molecule has 4 nitrogen and oxygen atoms in total. The molecule has 1 unspecified atom stereocenters. The van der Waals surface area contributed by atoms with Gasteiger partial charge in [0.2, 0.25) is 0 Å². The monoisotopic (exact) mass is 248 g/mol.